The van der Waals surface area contributed by atoms with Crippen molar-refractivity contribution in [3.8, 4) is 5.75 Å². The Morgan fingerprint density at radius 1 is 1.19 bits per heavy atom. The second-order valence-electron chi connectivity index (χ2n) is 5.73. The summed E-state index contributed by atoms with van der Waals surface area (Å²) in [6.07, 6.45) is -0.444. The Morgan fingerprint density at radius 3 is 2.33 bits per heavy atom. The quantitative estimate of drug-likeness (QED) is 0.761. The van der Waals surface area contributed by atoms with Crippen molar-refractivity contribution in [1.29, 1.82) is 0 Å². The molecule has 0 unspecified atom stereocenters. The third kappa shape index (κ3) is 6.27. The lowest BCUT2D eigenvalue weighted by Crippen LogP contribution is -2.26. The van der Waals surface area contributed by atoms with Crippen molar-refractivity contribution in [2.75, 3.05) is 13.7 Å². The molecule has 0 aromatic heterocycles. The number of hydrogen-bond donors (Lipinski definition) is 1. The predicted octanol–water partition coefficient (Wildman–Crippen LogP) is 2.82. The molecule has 0 bridgehead atoms. The monoisotopic (exact) mass is 294 g/mol. The minimum Gasteiger partial charge on any atom is -0.497 e. The van der Waals surface area contributed by atoms with Crippen LogP contribution in [0.4, 0.5) is 0 Å². The third-order valence-corrected chi connectivity index (χ3v) is 3.52. The molecule has 0 aliphatic carbocycles. The van der Waals surface area contributed by atoms with E-state index in [2.05, 4.69) is 0 Å². The minimum atomic E-state index is -0.643. The molecule has 118 valence electrons. The highest BCUT2D eigenvalue weighted by atomic mass is 16.5. The summed E-state index contributed by atoms with van der Waals surface area (Å²) in [5, 5.41) is 9.99. The summed E-state index contributed by atoms with van der Waals surface area (Å²) >= 11 is 0. The van der Waals surface area contributed by atoms with Crippen molar-refractivity contribution < 1.29 is 19.4 Å². The first-order valence-corrected chi connectivity index (χ1v) is 7.35. The summed E-state index contributed by atoms with van der Waals surface area (Å²) in [5.74, 6) is 0.803. The molecule has 4 nitrogen and oxygen atoms in total. The van der Waals surface area contributed by atoms with Gasteiger partial charge in [-0.1, -0.05) is 32.9 Å². The molecule has 1 aromatic rings. The maximum absolute atomic E-state index is 11.6. The molecule has 0 spiro atoms. The van der Waals surface area contributed by atoms with E-state index in [-0.39, 0.29) is 24.0 Å². The van der Waals surface area contributed by atoms with Crippen LogP contribution in [0, 0.1) is 11.8 Å². The Bertz CT molecular complexity index is 425. The van der Waals surface area contributed by atoms with Gasteiger partial charge in [-0.2, -0.15) is 0 Å². The first kappa shape index (κ1) is 17.7. The Kier molecular flexibility index (Phi) is 7.40. The van der Waals surface area contributed by atoms with E-state index in [1.165, 1.54) is 0 Å². The molecule has 0 saturated heterocycles. The molecule has 2 atom stereocenters. The molecule has 0 heterocycles. The lowest BCUT2D eigenvalue weighted by atomic mass is 9.96. The number of Topliss-reactive ketones (excluding diaryl/α,β-unsaturated/α-hetero) is 1. The second kappa shape index (κ2) is 8.80. The molecule has 0 radical (unpaired) electrons. The molecule has 21 heavy (non-hydrogen) atoms. The van der Waals surface area contributed by atoms with Crippen LogP contribution in [0.15, 0.2) is 24.3 Å². The number of aliphatic hydroxyl groups excluding tert-OH is 1. The van der Waals surface area contributed by atoms with Gasteiger partial charge >= 0.3 is 0 Å². The van der Waals surface area contributed by atoms with Gasteiger partial charge < -0.3 is 14.6 Å². The fourth-order valence-electron chi connectivity index (χ4n) is 1.84. The molecule has 0 saturated carbocycles. The van der Waals surface area contributed by atoms with Gasteiger partial charge in [-0.05, 0) is 17.7 Å². The normalized spacial score (nSPS) is 14.0. The van der Waals surface area contributed by atoms with Crippen LogP contribution in [-0.2, 0) is 16.1 Å². The smallest absolute Gasteiger partial charge is 0.138 e. The first-order valence-electron chi connectivity index (χ1n) is 7.35. The fraction of sp³-hybridized carbons (Fsp3) is 0.588. The molecule has 1 aromatic carbocycles. The van der Waals surface area contributed by atoms with Gasteiger partial charge in [0, 0.05) is 18.3 Å². The third-order valence-electron chi connectivity index (χ3n) is 3.52. The van der Waals surface area contributed by atoms with Crippen molar-refractivity contribution >= 4 is 5.78 Å². The largest absolute Gasteiger partial charge is 0.497 e. The van der Waals surface area contributed by atoms with Crippen LogP contribution in [0.25, 0.3) is 0 Å². The number of hydrogen-bond acceptors (Lipinski definition) is 4. The van der Waals surface area contributed by atoms with E-state index in [1.54, 1.807) is 7.11 Å². The Hall–Kier alpha value is -1.39. The molecule has 4 heteroatoms. The first-order chi connectivity index (χ1) is 9.93. The highest BCUT2D eigenvalue weighted by Gasteiger charge is 2.19. The number of ketones is 1. The maximum Gasteiger partial charge on any atom is 0.138 e. The standard InChI is InChI=1S/C17H26O4/c1-12(2)16(18)9-17(19)13(3)10-21-11-14-5-7-15(20-4)8-6-14/h5-8,12-13,17,19H,9-11H2,1-4H3/t13-,17+/m0/s1. The zero-order valence-electron chi connectivity index (χ0n) is 13.3. The van der Waals surface area contributed by atoms with E-state index in [0.29, 0.717) is 13.2 Å². The van der Waals surface area contributed by atoms with Crippen molar-refractivity contribution in [2.45, 2.75) is 39.9 Å². The van der Waals surface area contributed by atoms with Crippen LogP contribution in [0.2, 0.25) is 0 Å². The van der Waals surface area contributed by atoms with E-state index in [4.69, 9.17) is 9.47 Å². The van der Waals surface area contributed by atoms with Gasteiger partial charge in [-0.15, -0.1) is 0 Å². The lowest BCUT2D eigenvalue weighted by molar-refractivity contribution is -0.124. The van der Waals surface area contributed by atoms with Gasteiger partial charge in [-0.25, -0.2) is 0 Å². The summed E-state index contributed by atoms with van der Waals surface area (Å²) < 4.78 is 10.7. The highest BCUT2D eigenvalue weighted by molar-refractivity contribution is 5.80. The molecular weight excluding hydrogens is 268 g/mol. The number of ether oxygens (including phenoxy) is 2. The van der Waals surface area contributed by atoms with Gasteiger partial charge in [0.1, 0.15) is 11.5 Å². The van der Waals surface area contributed by atoms with Crippen molar-refractivity contribution in [3.05, 3.63) is 29.8 Å². The Labute approximate surface area is 127 Å². The molecule has 1 rings (SSSR count). The highest BCUT2D eigenvalue weighted by Crippen LogP contribution is 2.14. The zero-order valence-corrected chi connectivity index (χ0v) is 13.3. The van der Waals surface area contributed by atoms with E-state index in [9.17, 15) is 9.90 Å². The summed E-state index contributed by atoms with van der Waals surface area (Å²) in [5.41, 5.74) is 1.05. The number of aliphatic hydroxyl groups is 1. The summed E-state index contributed by atoms with van der Waals surface area (Å²) in [4.78, 5) is 11.6. The molecule has 1 N–H and O–H groups in total. The van der Waals surface area contributed by atoms with Crippen molar-refractivity contribution in [3.63, 3.8) is 0 Å². The number of methoxy groups -OCH3 is 1. The molecule has 0 aliphatic rings. The topological polar surface area (TPSA) is 55.8 Å². The van der Waals surface area contributed by atoms with Crippen LogP contribution in [0.5, 0.6) is 5.75 Å². The van der Waals surface area contributed by atoms with Gasteiger partial charge in [-0.3, -0.25) is 4.79 Å². The predicted molar refractivity (Wildman–Crippen MR) is 82.3 cm³/mol. The van der Waals surface area contributed by atoms with E-state index < -0.39 is 6.10 Å². The molecule has 0 aliphatic heterocycles. The van der Waals surface area contributed by atoms with Crippen LogP contribution in [-0.4, -0.2) is 30.7 Å². The molecule has 0 fully saturated rings. The van der Waals surface area contributed by atoms with Crippen LogP contribution >= 0.6 is 0 Å². The van der Waals surface area contributed by atoms with E-state index >= 15 is 0 Å². The Balaban J connectivity index is 2.31. The minimum absolute atomic E-state index is 0.0351. The van der Waals surface area contributed by atoms with Crippen molar-refractivity contribution in [2.24, 2.45) is 11.8 Å². The molecular formula is C17H26O4. The SMILES string of the molecule is COc1ccc(COC[C@H](C)[C@H](O)CC(=O)C(C)C)cc1. The second-order valence-corrected chi connectivity index (χ2v) is 5.73. The van der Waals surface area contributed by atoms with Gasteiger partial charge in [0.15, 0.2) is 0 Å². The number of benzene rings is 1. The van der Waals surface area contributed by atoms with Gasteiger partial charge in [0.25, 0.3) is 0 Å². The van der Waals surface area contributed by atoms with Gasteiger partial charge in [0.05, 0.1) is 26.4 Å². The number of carbonyl (C=O) groups excluding carboxylic acids is 1. The number of rotatable bonds is 9. The number of carbonyl (C=O) groups is 1. The van der Waals surface area contributed by atoms with E-state index in [0.717, 1.165) is 11.3 Å². The summed E-state index contributed by atoms with van der Waals surface area (Å²) in [6.45, 7) is 6.50. The molecule has 0 amide bonds. The van der Waals surface area contributed by atoms with Crippen LogP contribution in [0.3, 0.4) is 0 Å². The van der Waals surface area contributed by atoms with Crippen LogP contribution < -0.4 is 4.74 Å². The van der Waals surface area contributed by atoms with E-state index in [1.807, 2.05) is 45.0 Å². The summed E-state index contributed by atoms with van der Waals surface area (Å²) in [6, 6.07) is 7.67. The fourth-order valence-corrected chi connectivity index (χ4v) is 1.84. The maximum atomic E-state index is 11.6. The summed E-state index contributed by atoms with van der Waals surface area (Å²) in [7, 11) is 1.63. The Morgan fingerprint density at radius 2 is 1.81 bits per heavy atom. The average molecular weight is 294 g/mol. The lowest BCUT2D eigenvalue weighted by Gasteiger charge is -2.19. The average Bonchev–Trinajstić information content (AvgIpc) is 2.47. The van der Waals surface area contributed by atoms with Gasteiger partial charge in [0.2, 0.25) is 0 Å². The zero-order chi connectivity index (χ0) is 15.8. The van der Waals surface area contributed by atoms with Crippen molar-refractivity contribution in [1.82, 2.24) is 0 Å². The van der Waals surface area contributed by atoms with Crippen LogP contribution in [0.1, 0.15) is 32.8 Å².